The van der Waals surface area contributed by atoms with Crippen LogP contribution < -0.4 is 0 Å². The number of nitriles is 1. The summed E-state index contributed by atoms with van der Waals surface area (Å²) >= 11 is 0. The van der Waals surface area contributed by atoms with Gasteiger partial charge >= 0.3 is 0 Å². The minimum atomic E-state index is -0.926. The van der Waals surface area contributed by atoms with E-state index in [0.717, 1.165) is 83.5 Å². The summed E-state index contributed by atoms with van der Waals surface area (Å²) in [6, 6.07) is 154. The van der Waals surface area contributed by atoms with Crippen molar-refractivity contribution in [3.8, 4) is 101 Å². The van der Waals surface area contributed by atoms with Gasteiger partial charge in [0, 0.05) is 49.4 Å². The number of rotatable bonds is 14. The third-order valence-electron chi connectivity index (χ3n) is 22.3. The number of hydrogen-bond acceptors (Lipinski definition) is 1. The Morgan fingerprint density at radius 3 is 0.602 bits per heavy atom. The molecule has 3 heterocycles. The number of hydrogen-bond donors (Lipinski definition) is 0. The van der Waals surface area contributed by atoms with E-state index in [0.29, 0.717) is 5.56 Å². The lowest BCUT2D eigenvalue weighted by Gasteiger charge is -2.37. The summed E-state index contributed by atoms with van der Waals surface area (Å²) in [5, 5.41) is 17.3. The van der Waals surface area contributed by atoms with Crippen LogP contribution in [-0.4, -0.2) is 13.7 Å². The van der Waals surface area contributed by atoms with Gasteiger partial charge in [-0.2, -0.15) is 5.26 Å². The highest BCUT2D eigenvalue weighted by molar-refractivity contribution is 6.14. The second-order valence-electron chi connectivity index (χ2n) is 28.3. The molecule has 0 aliphatic heterocycles. The Bertz CT molecular complexity index is 5960. The van der Waals surface area contributed by atoms with E-state index in [2.05, 4.69) is 414 Å². The van der Waals surface area contributed by atoms with Gasteiger partial charge in [0.15, 0.2) is 0 Å². The summed E-state index contributed by atoms with van der Waals surface area (Å²) in [6.45, 7) is 0. The quantitative estimate of drug-likeness (QED) is 0.100. The van der Waals surface area contributed by atoms with Crippen molar-refractivity contribution in [2.24, 2.45) is 0 Å². The molecule has 0 aliphatic carbocycles. The minimum Gasteiger partial charge on any atom is -0.309 e. The number of benzene rings is 17. The molecule has 0 fully saturated rings. The fourth-order valence-corrected chi connectivity index (χ4v) is 17.0. The molecule has 20 aromatic rings. The monoisotopic (exact) mass is 1370 g/mol. The molecular weight excluding hydrogens is 1310 g/mol. The van der Waals surface area contributed by atoms with Gasteiger partial charge in [0.25, 0.3) is 0 Å². The summed E-state index contributed by atoms with van der Waals surface area (Å²) in [5.74, 6) is 0. The Labute approximate surface area is 627 Å². The maximum atomic E-state index is 10.2. The molecule has 0 aliphatic rings. The van der Waals surface area contributed by atoms with Gasteiger partial charge < -0.3 is 13.7 Å². The molecule has 0 radical (unpaired) electrons. The van der Waals surface area contributed by atoms with E-state index in [1.54, 1.807) is 0 Å². The molecule has 0 saturated heterocycles. The zero-order chi connectivity index (χ0) is 71.7. The largest absolute Gasteiger partial charge is 0.309 e. The van der Waals surface area contributed by atoms with E-state index in [9.17, 15) is 5.26 Å². The molecule has 108 heavy (non-hydrogen) atoms. The molecule has 0 bridgehead atoms. The molecule has 20 rings (SSSR count). The van der Waals surface area contributed by atoms with Gasteiger partial charge in [0.2, 0.25) is 0 Å². The molecule has 0 N–H and O–H groups in total. The lowest BCUT2D eigenvalue weighted by Crippen LogP contribution is -2.31. The average Bonchev–Trinajstić information content (AvgIpc) is 1.39. The van der Waals surface area contributed by atoms with Crippen molar-refractivity contribution in [3.63, 3.8) is 0 Å². The van der Waals surface area contributed by atoms with Crippen molar-refractivity contribution in [2.75, 3.05) is 0 Å². The summed E-state index contributed by atoms with van der Waals surface area (Å²) in [4.78, 5) is 0. The standard InChI is InChI=1S/C104H68N4/c105-69-70-20-19-33-78(62-70)77-34-42-85(43-35-77)104(86-44-50-89(51-45-86)106-98-56-36-79(71-21-7-1-8-22-71)63-92(98)93-64-80(37-57-99(93)106)72-23-9-2-10-24-72,87-46-52-90(53-47-87)107-100-58-38-81(73-25-11-3-12-26-73)65-94(100)95-66-82(39-59-101(95)107)74-27-13-4-14-28-74)88-48-54-91(55-49-88)108-102-60-40-83(75-29-15-5-16-30-75)67-96(102)97-68-84(41-61-103(97)108)76-31-17-6-18-32-76/h1-68H. The Morgan fingerprint density at radius 1 is 0.176 bits per heavy atom. The highest BCUT2D eigenvalue weighted by Crippen LogP contribution is 2.49. The van der Waals surface area contributed by atoms with E-state index >= 15 is 0 Å². The fraction of sp³-hybridized carbons (Fsp3) is 0.00962. The van der Waals surface area contributed by atoms with Gasteiger partial charge in [-0.25, -0.2) is 0 Å². The highest BCUT2D eigenvalue weighted by Gasteiger charge is 2.39. The van der Waals surface area contributed by atoms with Crippen molar-refractivity contribution in [2.45, 2.75) is 5.41 Å². The van der Waals surface area contributed by atoms with Crippen LogP contribution in [0.2, 0.25) is 0 Å². The lowest BCUT2D eigenvalue weighted by atomic mass is 9.65. The maximum absolute atomic E-state index is 10.2. The number of fused-ring (bicyclic) bond motifs is 9. The van der Waals surface area contributed by atoms with E-state index in [-0.39, 0.29) is 0 Å². The SMILES string of the molecule is N#Cc1cccc(-c2ccc(C(c3ccc(-n4c5ccc(-c6ccccc6)cc5c5cc(-c6ccccc6)ccc54)cc3)(c3ccc(-n4c5ccc(-c6ccccc6)cc5c5cc(-c6ccccc6)ccc54)cc3)c3ccc(-n4c5ccc(-c6ccccc6)cc5c5cc(-c6ccccc6)ccc54)cc3)cc2)c1. The van der Waals surface area contributed by atoms with Gasteiger partial charge in [0.05, 0.1) is 50.1 Å². The van der Waals surface area contributed by atoms with Crippen LogP contribution in [0, 0.1) is 11.3 Å². The summed E-state index contributed by atoms with van der Waals surface area (Å²) in [7, 11) is 0. The molecule has 504 valence electrons. The molecule has 0 unspecified atom stereocenters. The van der Waals surface area contributed by atoms with E-state index in [4.69, 9.17) is 0 Å². The third kappa shape index (κ3) is 10.8. The molecular formula is C104H68N4. The molecule has 0 spiro atoms. The van der Waals surface area contributed by atoms with Gasteiger partial charge in [-0.3, -0.25) is 0 Å². The van der Waals surface area contributed by atoms with Crippen molar-refractivity contribution in [1.82, 2.24) is 13.7 Å². The topological polar surface area (TPSA) is 38.6 Å². The summed E-state index contributed by atoms with van der Waals surface area (Å²) < 4.78 is 7.34. The van der Waals surface area contributed by atoms with Crippen LogP contribution in [0.1, 0.15) is 27.8 Å². The first-order valence-electron chi connectivity index (χ1n) is 37.0. The third-order valence-corrected chi connectivity index (χ3v) is 22.3. The Kier molecular flexibility index (Phi) is 15.5. The Hall–Kier alpha value is -14.4. The Morgan fingerprint density at radius 2 is 0.370 bits per heavy atom. The predicted molar refractivity (Wildman–Crippen MR) is 451 cm³/mol. The molecule has 0 saturated carbocycles. The summed E-state index contributed by atoms with van der Waals surface area (Å²) in [5.41, 5.74) is 30.2. The van der Waals surface area contributed by atoms with Crippen molar-refractivity contribution >= 4 is 65.4 Å². The van der Waals surface area contributed by atoms with Crippen molar-refractivity contribution in [3.05, 3.63) is 440 Å². The lowest BCUT2D eigenvalue weighted by molar-refractivity contribution is 0.744. The van der Waals surface area contributed by atoms with Crippen molar-refractivity contribution < 1.29 is 0 Å². The normalized spacial score (nSPS) is 11.7. The van der Waals surface area contributed by atoms with Crippen LogP contribution in [0.4, 0.5) is 0 Å². The first-order chi connectivity index (χ1) is 53.5. The smallest absolute Gasteiger partial charge is 0.0991 e. The van der Waals surface area contributed by atoms with Gasteiger partial charge in [-0.1, -0.05) is 291 Å². The number of nitrogens with zero attached hydrogens (tertiary/aromatic N) is 4. The number of aromatic nitrogens is 3. The average molecular weight is 1370 g/mol. The maximum Gasteiger partial charge on any atom is 0.0991 e. The van der Waals surface area contributed by atoms with Gasteiger partial charge in [-0.05, 0) is 221 Å². The molecule has 3 aromatic heterocycles. The van der Waals surface area contributed by atoms with Crippen LogP contribution in [0.3, 0.4) is 0 Å². The van der Waals surface area contributed by atoms with E-state index in [1.165, 1.54) is 99.1 Å². The zero-order valence-corrected chi connectivity index (χ0v) is 59.0. The first-order valence-corrected chi connectivity index (χ1v) is 37.0. The second kappa shape index (κ2) is 26.4. The molecule has 17 aromatic carbocycles. The van der Waals surface area contributed by atoms with Crippen LogP contribution in [0.25, 0.3) is 160 Å². The zero-order valence-electron chi connectivity index (χ0n) is 59.0. The van der Waals surface area contributed by atoms with Gasteiger partial charge in [-0.15, -0.1) is 0 Å². The van der Waals surface area contributed by atoms with Gasteiger partial charge in [0.1, 0.15) is 0 Å². The van der Waals surface area contributed by atoms with Crippen LogP contribution in [-0.2, 0) is 5.41 Å². The van der Waals surface area contributed by atoms with Crippen molar-refractivity contribution in [1.29, 1.82) is 5.26 Å². The Balaban J connectivity index is 0.809. The van der Waals surface area contributed by atoms with Crippen LogP contribution >= 0.6 is 0 Å². The predicted octanol–water partition coefficient (Wildman–Crippen LogP) is 26.9. The van der Waals surface area contributed by atoms with Crippen LogP contribution in [0.15, 0.2) is 413 Å². The minimum absolute atomic E-state index is 0.621. The highest BCUT2D eigenvalue weighted by atomic mass is 15.0. The molecule has 0 amide bonds. The first kappa shape index (κ1) is 63.3. The van der Waals surface area contributed by atoms with E-state index in [1.807, 2.05) is 18.2 Å². The second-order valence-corrected chi connectivity index (χ2v) is 28.3. The van der Waals surface area contributed by atoms with Crippen LogP contribution in [0.5, 0.6) is 0 Å². The summed E-state index contributed by atoms with van der Waals surface area (Å²) in [6.07, 6.45) is 0. The van der Waals surface area contributed by atoms with E-state index < -0.39 is 5.41 Å². The molecule has 4 heteroatoms. The molecule has 4 nitrogen and oxygen atoms in total. The molecule has 0 atom stereocenters. The fourth-order valence-electron chi connectivity index (χ4n) is 17.0.